The van der Waals surface area contributed by atoms with E-state index in [2.05, 4.69) is 10.2 Å². The van der Waals surface area contributed by atoms with E-state index in [1.165, 1.54) is 20.3 Å². The molecule has 1 aliphatic heterocycles. The normalized spacial score (nSPS) is 13.1. The zero-order valence-corrected chi connectivity index (χ0v) is 18.2. The molecule has 8 nitrogen and oxygen atoms in total. The third-order valence-corrected chi connectivity index (χ3v) is 5.10. The maximum atomic E-state index is 12.6. The molecule has 1 aromatic heterocycles. The van der Waals surface area contributed by atoms with Crippen LogP contribution in [0, 0.1) is 0 Å². The van der Waals surface area contributed by atoms with E-state index < -0.39 is 11.9 Å². The lowest BCUT2D eigenvalue weighted by atomic mass is 10.1. The summed E-state index contributed by atoms with van der Waals surface area (Å²) in [7, 11) is 2.53. The van der Waals surface area contributed by atoms with Crippen LogP contribution >= 0.6 is 0 Å². The van der Waals surface area contributed by atoms with Crippen molar-refractivity contribution in [1.29, 1.82) is 0 Å². The lowest BCUT2D eigenvalue weighted by Crippen LogP contribution is -2.26. The number of nitrogens with zero attached hydrogens (tertiary/aromatic N) is 4. The molecule has 0 fully saturated rings. The van der Waals surface area contributed by atoms with Crippen molar-refractivity contribution in [2.45, 2.75) is 6.54 Å². The van der Waals surface area contributed by atoms with Crippen LogP contribution in [0.15, 0.2) is 96.6 Å². The molecule has 0 radical (unpaired) electrons. The summed E-state index contributed by atoms with van der Waals surface area (Å²) >= 11 is 0. The van der Waals surface area contributed by atoms with Crippen LogP contribution in [0.5, 0.6) is 0 Å². The average molecular weight is 442 g/mol. The fraction of sp³-hybridized carbons (Fsp3) is 0.120. The maximum absolute atomic E-state index is 12.6. The number of carbonyl (C=O) groups excluding carboxylic acids is 2. The molecule has 0 N–H and O–H groups in total. The largest absolute Gasteiger partial charge is 0.465 e. The van der Waals surface area contributed by atoms with Crippen molar-refractivity contribution in [3.05, 3.63) is 102 Å². The maximum Gasteiger partial charge on any atom is 0.355 e. The Bertz CT molecular complexity index is 1240. The van der Waals surface area contributed by atoms with E-state index in [1.807, 2.05) is 59.2 Å². The summed E-state index contributed by atoms with van der Waals surface area (Å²) in [5.74, 6) is -0.568. The van der Waals surface area contributed by atoms with Gasteiger partial charge in [-0.05, 0) is 42.0 Å². The van der Waals surface area contributed by atoms with Crippen LogP contribution in [-0.4, -0.2) is 40.9 Å². The molecule has 0 saturated heterocycles. The van der Waals surface area contributed by atoms with Crippen LogP contribution in [0.2, 0.25) is 0 Å². The van der Waals surface area contributed by atoms with Crippen molar-refractivity contribution in [2.24, 2.45) is 0 Å². The van der Waals surface area contributed by atoms with Crippen molar-refractivity contribution in [3.63, 3.8) is 0 Å². The van der Waals surface area contributed by atoms with Gasteiger partial charge in [-0.1, -0.05) is 36.4 Å². The van der Waals surface area contributed by atoms with Gasteiger partial charge in [0.15, 0.2) is 5.82 Å². The van der Waals surface area contributed by atoms with Crippen LogP contribution in [0.1, 0.15) is 5.56 Å². The van der Waals surface area contributed by atoms with Gasteiger partial charge in [0.05, 0.1) is 26.3 Å². The number of hydrogen-bond donors (Lipinski definition) is 0. The topological polar surface area (TPSA) is 86.6 Å². The van der Waals surface area contributed by atoms with Crippen LogP contribution in [-0.2, 0) is 25.6 Å². The minimum atomic E-state index is -0.654. The molecule has 0 bridgehead atoms. The highest BCUT2D eigenvalue weighted by atomic mass is 16.5. The van der Waals surface area contributed by atoms with Crippen molar-refractivity contribution >= 4 is 17.6 Å². The molecule has 0 spiro atoms. The van der Waals surface area contributed by atoms with Crippen LogP contribution < -0.4 is 4.90 Å². The molecule has 33 heavy (non-hydrogen) atoms. The molecule has 0 amide bonds. The lowest BCUT2D eigenvalue weighted by Gasteiger charge is -2.23. The van der Waals surface area contributed by atoms with Gasteiger partial charge in [-0.15, -0.1) is 10.2 Å². The lowest BCUT2D eigenvalue weighted by molar-refractivity contribution is -0.139. The number of hydrogen-bond acceptors (Lipinski definition) is 7. The predicted octanol–water partition coefficient (Wildman–Crippen LogP) is 3.48. The summed E-state index contributed by atoms with van der Waals surface area (Å²) in [5, 5.41) is 8.34. The molecule has 2 aromatic carbocycles. The number of benzene rings is 2. The quantitative estimate of drug-likeness (QED) is 0.540. The Kier molecular flexibility index (Phi) is 6.45. The van der Waals surface area contributed by atoms with Crippen LogP contribution in [0.25, 0.3) is 11.4 Å². The van der Waals surface area contributed by atoms with Gasteiger partial charge in [-0.2, -0.15) is 0 Å². The van der Waals surface area contributed by atoms with Gasteiger partial charge < -0.3 is 18.9 Å². The second-order valence-electron chi connectivity index (χ2n) is 7.13. The molecule has 8 heteroatoms. The Labute approximate surface area is 191 Å². The molecule has 0 aliphatic carbocycles. The Morgan fingerprint density at radius 1 is 0.909 bits per heavy atom. The standard InChI is InChI=1S/C25H22N4O4/c1-32-24(30)21-10-6-7-15-29(22(21)25(31)33-2)20-13-11-19(12-14-20)23-27-26-17-28(23)16-18-8-4-3-5-9-18/h3-15,17H,16H2,1-2H3. The van der Waals surface area contributed by atoms with Crippen LogP contribution in [0.4, 0.5) is 5.69 Å². The predicted molar refractivity (Wildman–Crippen MR) is 123 cm³/mol. The minimum absolute atomic E-state index is 0.0642. The third kappa shape index (κ3) is 4.59. The van der Waals surface area contributed by atoms with Gasteiger partial charge in [-0.25, -0.2) is 9.59 Å². The summed E-state index contributed by atoms with van der Waals surface area (Å²) < 4.78 is 11.8. The van der Waals surface area contributed by atoms with E-state index >= 15 is 0 Å². The van der Waals surface area contributed by atoms with E-state index in [0.717, 1.165) is 17.0 Å². The van der Waals surface area contributed by atoms with E-state index in [1.54, 1.807) is 29.6 Å². The number of esters is 2. The number of aromatic nitrogens is 3. The summed E-state index contributed by atoms with van der Waals surface area (Å²) in [5.41, 5.74) is 2.83. The number of ether oxygens (including phenoxy) is 2. The molecule has 2 heterocycles. The Hall–Kier alpha value is -4.46. The second kappa shape index (κ2) is 9.78. The molecular weight excluding hydrogens is 420 g/mol. The molecule has 0 atom stereocenters. The first-order valence-electron chi connectivity index (χ1n) is 10.2. The van der Waals surface area contributed by atoms with Gasteiger partial charge in [0.1, 0.15) is 12.0 Å². The third-order valence-electron chi connectivity index (χ3n) is 5.10. The van der Waals surface area contributed by atoms with E-state index in [9.17, 15) is 9.59 Å². The van der Waals surface area contributed by atoms with Gasteiger partial charge in [0.25, 0.3) is 0 Å². The van der Waals surface area contributed by atoms with Crippen molar-refractivity contribution < 1.29 is 19.1 Å². The Morgan fingerprint density at radius 3 is 2.33 bits per heavy atom. The zero-order chi connectivity index (χ0) is 23.2. The highest BCUT2D eigenvalue weighted by Crippen LogP contribution is 2.28. The Balaban J connectivity index is 1.68. The Morgan fingerprint density at radius 2 is 1.64 bits per heavy atom. The number of methoxy groups -OCH3 is 2. The molecule has 0 saturated carbocycles. The summed E-state index contributed by atoms with van der Waals surface area (Å²) in [6.45, 7) is 0.642. The molecule has 4 rings (SSSR count). The van der Waals surface area contributed by atoms with Crippen LogP contribution in [0.3, 0.4) is 0 Å². The monoisotopic (exact) mass is 442 g/mol. The van der Waals surface area contributed by atoms with Crippen molar-refractivity contribution in [3.8, 4) is 11.4 Å². The number of carbonyl (C=O) groups is 2. The smallest absolute Gasteiger partial charge is 0.355 e. The highest BCUT2D eigenvalue weighted by molar-refractivity contribution is 6.05. The molecule has 166 valence electrons. The zero-order valence-electron chi connectivity index (χ0n) is 18.2. The number of rotatable bonds is 6. The number of allylic oxidation sites excluding steroid dienone is 2. The molecule has 1 aliphatic rings. The van der Waals surface area contributed by atoms with E-state index in [4.69, 9.17) is 9.47 Å². The van der Waals surface area contributed by atoms with Crippen molar-refractivity contribution in [2.75, 3.05) is 19.1 Å². The fourth-order valence-electron chi connectivity index (χ4n) is 3.51. The average Bonchev–Trinajstić information content (AvgIpc) is 3.20. The van der Waals surface area contributed by atoms with E-state index in [0.29, 0.717) is 12.2 Å². The summed E-state index contributed by atoms with van der Waals surface area (Å²) in [4.78, 5) is 26.5. The van der Waals surface area contributed by atoms with Gasteiger partial charge in [0.2, 0.25) is 0 Å². The minimum Gasteiger partial charge on any atom is -0.465 e. The molecule has 3 aromatic rings. The number of anilines is 1. The second-order valence-corrected chi connectivity index (χ2v) is 7.13. The first-order valence-corrected chi connectivity index (χ1v) is 10.2. The van der Waals surface area contributed by atoms with Crippen molar-refractivity contribution in [1.82, 2.24) is 14.8 Å². The first kappa shape index (κ1) is 21.8. The molecular formula is C25H22N4O4. The fourth-order valence-corrected chi connectivity index (χ4v) is 3.51. The highest BCUT2D eigenvalue weighted by Gasteiger charge is 2.27. The SMILES string of the molecule is COC(=O)C1=C(C(=O)OC)N(c2ccc(-c3nncn3Cc3ccccc3)cc2)C=CC=C1. The van der Waals surface area contributed by atoms with E-state index in [-0.39, 0.29) is 11.3 Å². The van der Waals surface area contributed by atoms with Gasteiger partial charge >= 0.3 is 11.9 Å². The van der Waals surface area contributed by atoms with Gasteiger partial charge in [-0.3, -0.25) is 0 Å². The molecule has 0 unspecified atom stereocenters. The van der Waals surface area contributed by atoms with Gasteiger partial charge in [0, 0.05) is 17.5 Å². The summed E-state index contributed by atoms with van der Waals surface area (Å²) in [6.07, 6.45) is 8.29. The first-order chi connectivity index (χ1) is 16.1. The summed E-state index contributed by atoms with van der Waals surface area (Å²) in [6, 6.07) is 17.5.